The lowest BCUT2D eigenvalue weighted by Gasteiger charge is -2.27. The molecule has 0 saturated carbocycles. The molecule has 1 nitrogen and oxygen atoms in total. The first-order chi connectivity index (χ1) is 9.46. The summed E-state index contributed by atoms with van der Waals surface area (Å²) in [5, 5.41) is 10.7. The lowest BCUT2D eigenvalue weighted by molar-refractivity contribution is 0.0605. The van der Waals surface area contributed by atoms with Crippen LogP contribution in [0.5, 0.6) is 0 Å². The third-order valence-electron chi connectivity index (χ3n) is 3.09. The molecule has 1 unspecified atom stereocenters. The summed E-state index contributed by atoms with van der Waals surface area (Å²) in [5.74, 6) is -1.14. The molecule has 0 saturated heterocycles. The number of hydrogen-bond acceptors (Lipinski definition) is 1. The number of benzene rings is 2. The molecule has 0 aliphatic rings. The third-order valence-corrected chi connectivity index (χ3v) is 3.85. The highest BCUT2D eigenvalue weighted by atomic mass is 35.5. The van der Waals surface area contributed by atoms with E-state index in [1.165, 1.54) is 18.2 Å². The minimum Gasteiger partial charge on any atom is -0.384 e. The predicted molar refractivity (Wildman–Crippen MR) is 76.1 cm³/mol. The Morgan fingerprint density at radius 3 is 2.40 bits per heavy atom. The van der Waals surface area contributed by atoms with Crippen LogP contribution in [-0.2, 0) is 12.0 Å². The Morgan fingerprint density at radius 2 is 1.80 bits per heavy atom. The predicted octanol–water partition coefficient (Wildman–Crippen LogP) is 4.29. The van der Waals surface area contributed by atoms with Crippen molar-refractivity contribution in [1.82, 2.24) is 0 Å². The molecule has 0 aromatic heterocycles. The topological polar surface area (TPSA) is 20.2 Å². The third kappa shape index (κ3) is 3.11. The standard InChI is InChI=1S/C15H12Cl2F2O/c16-9-15(20,8-10-3-1-2-4-14(10)19)12-6-5-11(18)7-13(12)17/h1-7,20H,8-9H2. The fourth-order valence-corrected chi connectivity index (χ4v) is 2.62. The maximum absolute atomic E-state index is 13.7. The van der Waals surface area contributed by atoms with Gasteiger partial charge in [0.05, 0.1) is 5.88 Å². The fraction of sp³-hybridized carbons (Fsp3) is 0.200. The maximum atomic E-state index is 13.7. The lowest BCUT2D eigenvalue weighted by Crippen LogP contribution is -2.31. The van der Waals surface area contributed by atoms with E-state index < -0.39 is 17.2 Å². The van der Waals surface area contributed by atoms with E-state index in [2.05, 4.69) is 0 Å². The van der Waals surface area contributed by atoms with E-state index in [-0.39, 0.29) is 22.9 Å². The molecule has 20 heavy (non-hydrogen) atoms. The van der Waals surface area contributed by atoms with Crippen LogP contribution in [-0.4, -0.2) is 11.0 Å². The van der Waals surface area contributed by atoms with Gasteiger partial charge < -0.3 is 5.11 Å². The first-order valence-corrected chi connectivity index (χ1v) is 6.85. The van der Waals surface area contributed by atoms with Crippen LogP contribution >= 0.6 is 23.2 Å². The van der Waals surface area contributed by atoms with Crippen molar-refractivity contribution in [2.45, 2.75) is 12.0 Å². The summed E-state index contributed by atoms with van der Waals surface area (Å²) in [7, 11) is 0. The van der Waals surface area contributed by atoms with E-state index in [1.807, 2.05) is 0 Å². The number of aliphatic hydroxyl groups is 1. The Bertz CT molecular complexity index is 619. The normalized spacial score (nSPS) is 14.1. The molecule has 0 spiro atoms. The van der Waals surface area contributed by atoms with E-state index in [1.54, 1.807) is 18.2 Å². The molecule has 0 fully saturated rings. The van der Waals surface area contributed by atoms with Gasteiger partial charge in [0.15, 0.2) is 0 Å². The molecule has 1 N–H and O–H groups in total. The van der Waals surface area contributed by atoms with Gasteiger partial charge in [-0.2, -0.15) is 0 Å². The summed E-state index contributed by atoms with van der Waals surface area (Å²) in [6, 6.07) is 9.72. The first-order valence-electron chi connectivity index (χ1n) is 5.93. The van der Waals surface area contributed by atoms with Gasteiger partial charge >= 0.3 is 0 Å². The van der Waals surface area contributed by atoms with Crippen LogP contribution in [0.2, 0.25) is 5.02 Å². The van der Waals surface area contributed by atoms with Crippen molar-refractivity contribution in [3.63, 3.8) is 0 Å². The summed E-state index contributed by atoms with van der Waals surface area (Å²) in [6.45, 7) is 0. The molecule has 2 aromatic rings. The van der Waals surface area contributed by atoms with Crippen LogP contribution in [0.1, 0.15) is 11.1 Å². The van der Waals surface area contributed by atoms with Crippen LogP contribution in [0, 0.1) is 11.6 Å². The van der Waals surface area contributed by atoms with E-state index in [0.717, 1.165) is 6.07 Å². The maximum Gasteiger partial charge on any atom is 0.126 e. The van der Waals surface area contributed by atoms with Crippen LogP contribution in [0.4, 0.5) is 8.78 Å². The SMILES string of the molecule is OC(CCl)(Cc1ccccc1F)c1ccc(F)cc1Cl. The molecule has 106 valence electrons. The Labute approximate surface area is 125 Å². The molecule has 5 heteroatoms. The lowest BCUT2D eigenvalue weighted by atomic mass is 9.88. The summed E-state index contributed by atoms with van der Waals surface area (Å²) >= 11 is 11.8. The quantitative estimate of drug-likeness (QED) is 0.834. The van der Waals surface area contributed by atoms with Gasteiger partial charge in [-0.25, -0.2) is 8.78 Å². The summed E-state index contributed by atoms with van der Waals surface area (Å²) in [4.78, 5) is 0. The molecule has 2 rings (SSSR count). The smallest absolute Gasteiger partial charge is 0.126 e. The second kappa shape index (κ2) is 6.08. The highest BCUT2D eigenvalue weighted by molar-refractivity contribution is 6.31. The molecule has 0 heterocycles. The van der Waals surface area contributed by atoms with Gasteiger partial charge in [-0.1, -0.05) is 35.9 Å². The van der Waals surface area contributed by atoms with Crippen LogP contribution < -0.4 is 0 Å². The van der Waals surface area contributed by atoms with Crippen LogP contribution in [0.25, 0.3) is 0 Å². The summed E-state index contributed by atoms with van der Waals surface area (Å²) in [6.07, 6.45) is -0.0471. The summed E-state index contributed by atoms with van der Waals surface area (Å²) < 4.78 is 26.8. The van der Waals surface area contributed by atoms with Crippen molar-refractivity contribution in [2.75, 3.05) is 5.88 Å². The van der Waals surface area contributed by atoms with E-state index in [4.69, 9.17) is 23.2 Å². The molecule has 1 atom stereocenters. The van der Waals surface area contributed by atoms with E-state index >= 15 is 0 Å². The zero-order valence-corrected chi connectivity index (χ0v) is 11.9. The zero-order chi connectivity index (χ0) is 14.8. The van der Waals surface area contributed by atoms with Crippen LogP contribution in [0.3, 0.4) is 0 Å². The highest BCUT2D eigenvalue weighted by Gasteiger charge is 2.32. The van der Waals surface area contributed by atoms with E-state index in [9.17, 15) is 13.9 Å². The van der Waals surface area contributed by atoms with Gasteiger partial charge in [-0.05, 0) is 23.8 Å². The minimum atomic E-state index is -1.56. The van der Waals surface area contributed by atoms with Gasteiger partial charge in [-0.15, -0.1) is 11.6 Å². The van der Waals surface area contributed by atoms with Crippen molar-refractivity contribution in [3.8, 4) is 0 Å². The fourth-order valence-electron chi connectivity index (χ4n) is 2.04. The van der Waals surface area contributed by atoms with Gasteiger partial charge in [0.25, 0.3) is 0 Å². The number of hydrogen-bond donors (Lipinski definition) is 1. The Balaban J connectivity index is 2.41. The Hall–Kier alpha value is -1.16. The molecule has 0 aliphatic carbocycles. The molecule has 0 aliphatic heterocycles. The molecule has 0 bridgehead atoms. The highest BCUT2D eigenvalue weighted by Crippen LogP contribution is 2.33. The average Bonchev–Trinajstić information content (AvgIpc) is 2.41. The summed E-state index contributed by atoms with van der Waals surface area (Å²) in [5.41, 5.74) is -0.969. The average molecular weight is 317 g/mol. The van der Waals surface area contributed by atoms with Gasteiger partial charge in [0.2, 0.25) is 0 Å². The van der Waals surface area contributed by atoms with Crippen molar-refractivity contribution in [3.05, 3.63) is 70.2 Å². The first kappa shape index (κ1) is 15.2. The van der Waals surface area contributed by atoms with Gasteiger partial charge in [-0.3, -0.25) is 0 Å². The minimum absolute atomic E-state index is 0.0471. The van der Waals surface area contributed by atoms with Gasteiger partial charge in [0.1, 0.15) is 17.2 Å². The molecular formula is C15H12Cl2F2O. The van der Waals surface area contributed by atoms with Crippen molar-refractivity contribution in [2.24, 2.45) is 0 Å². The number of halogens is 4. The molecular weight excluding hydrogens is 305 g/mol. The van der Waals surface area contributed by atoms with Gasteiger partial charge in [0, 0.05) is 17.0 Å². The second-order valence-electron chi connectivity index (χ2n) is 4.56. The number of rotatable bonds is 4. The molecule has 0 amide bonds. The molecule has 0 radical (unpaired) electrons. The van der Waals surface area contributed by atoms with Crippen molar-refractivity contribution in [1.29, 1.82) is 0 Å². The largest absolute Gasteiger partial charge is 0.384 e. The van der Waals surface area contributed by atoms with Crippen LogP contribution in [0.15, 0.2) is 42.5 Å². The number of alkyl halides is 1. The van der Waals surface area contributed by atoms with E-state index in [0.29, 0.717) is 5.56 Å². The monoisotopic (exact) mass is 316 g/mol. The van der Waals surface area contributed by atoms with Crippen molar-refractivity contribution >= 4 is 23.2 Å². The van der Waals surface area contributed by atoms with Crippen molar-refractivity contribution < 1.29 is 13.9 Å². The Morgan fingerprint density at radius 1 is 1.10 bits per heavy atom. The molecule has 2 aromatic carbocycles. The zero-order valence-electron chi connectivity index (χ0n) is 10.4. The second-order valence-corrected chi connectivity index (χ2v) is 5.23. The Kier molecular flexibility index (Phi) is 4.63.